The highest BCUT2D eigenvalue weighted by atomic mass is 16.5. The van der Waals surface area contributed by atoms with Gasteiger partial charge in [-0.3, -0.25) is 14.5 Å². The van der Waals surface area contributed by atoms with E-state index < -0.39 is 0 Å². The van der Waals surface area contributed by atoms with Gasteiger partial charge in [-0.05, 0) is 48.5 Å². The van der Waals surface area contributed by atoms with Crippen LogP contribution in [0.25, 0.3) is 16.9 Å². The lowest BCUT2D eigenvalue weighted by atomic mass is 10.1. The van der Waals surface area contributed by atoms with Crippen molar-refractivity contribution in [3.05, 3.63) is 72.1 Å². The Bertz CT molecular complexity index is 1460. The summed E-state index contributed by atoms with van der Waals surface area (Å²) in [6, 6.07) is 15.7. The molecule has 3 heterocycles. The van der Waals surface area contributed by atoms with Gasteiger partial charge in [0, 0.05) is 55.3 Å². The van der Waals surface area contributed by atoms with Gasteiger partial charge in [-0.15, -0.1) is 0 Å². The minimum Gasteiger partial charge on any atom is -0.493 e. The Balaban J connectivity index is 1.24. The van der Waals surface area contributed by atoms with Gasteiger partial charge < -0.3 is 24.8 Å². The Morgan fingerprint density at radius 3 is 2.46 bits per heavy atom. The maximum Gasteiger partial charge on any atom is 0.276 e. The van der Waals surface area contributed by atoms with Crippen molar-refractivity contribution in [2.24, 2.45) is 0 Å². The molecule has 1 aliphatic heterocycles. The molecular weight excluding hydrogens is 500 g/mol. The number of amides is 2. The lowest BCUT2D eigenvalue weighted by Crippen LogP contribution is -2.41. The van der Waals surface area contributed by atoms with E-state index in [0.29, 0.717) is 34.9 Å². The predicted octanol–water partition coefficient (Wildman–Crippen LogP) is 2.73. The smallest absolute Gasteiger partial charge is 0.276 e. The van der Waals surface area contributed by atoms with Gasteiger partial charge in [0.2, 0.25) is 0 Å². The molecule has 11 heteroatoms. The van der Waals surface area contributed by atoms with Crippen molar-refractivity contribution in [2.45, 2.75) is 0 Å². The third kappa shape index (κ3) is 6.00. The summed E-state index contributed by atoms with van der Waals surface area (Å²) in [4.78, 5) is 32.1. The molecule has 0 spiro atoms. The molecular formula is C28H30N6O5. The van der Waals surface area contributed by atoms with E-state index in [0.717, 1.165) is 44.1 Å². The van der Waals surface area contributed by atoms with Crippen LogP contribution in [0, 0.1) is 0 Å². The maximum absolute atomic E-state index is 13.0. The molecule has 202 valence electrons. The summed E-state index contributed by atoms with van der Waals surface area (Å²) in [6.45, 7) is 4.56. The largest absolute Gasteiger partial charge is 0.493 e. The Morgan fingerprint density at radius 1 is 0.949 bits per heavy atom. The molecule has 5 rings (SSSR count). The molecule has 1 saturated heterocycles. The van der Waals surface area contributed by atoms with Crippen molar-refractivity contribution in [3.63, 3.8) is 0 Å². The number of aromatic nitrogens is 3. The zero-order valence-corrected chi connectivity index (χ0v) is 21.8. The normalized spacial score (nSPS) is 13.7. The van der Waals surface area contributed by atoms with E-state index in [1.165, 1.54) is 0 Å². The number of carbonyl (C=O) groups excluding carboxylic acids is 2. The highest BCUT2D eigenvalue weighted by Crippen LogP contribution is 2.32. The van der Waals surface area contributed by atoms with Gasteiger partial charge in [0.15, 0.2) is 22.8 Å². The summed E-state index contributed by atoms with van der Waals surface area (Å²) < 4.78 is 17.7. The molecule has 2 aromatic heterocycles. The molecule has 2 N–H and O–H groups in total. The highest BCUT2D eigenvalue weighted by Gasteiger charge is 2.16. The summed E-state index contributed by atoms with van der Waals surface area (Å²) in [7, 11) is 3.16. The first-order valence-corrected chi connectivity index (χ1v) is 12.6. The number of benzene rings is 2. The Hall–Kier alpha value is -4.48. The number of methoxy groups -OCH3 is 2. The van der Waals surface area contributed by atoms with Gasteiger partial charge in [0.05, 0.1) is 33.1 Å². The highest BCUT2D eigenvalue weighted by molar-refractivity contribution is 6.04. The van der Waals surface area contributed by atoms with Crippen molar-refractivity contribution in [1.82, 2.24) is 24.8 Å². The molecule has 1 fully saturated rings. The lowest BCUT2D eigenvalue weighted by molar-refractivity contribution is 0.0383. The first-order chi connectivity index (χ1) is 19.1. The zero-order chi connectivity index (χ0) is 27.2. The van der Waals surface area contributed by atoms with Crippen molar-refractivity contribution in [2.75, 3.05) is 58.9 Å². The fraction of sp³-hybridized carbons (Fsp3) is 0.286. The van der Waals surface area contributed by atoms with Crippen LogP contribution >= 0.6 is 0 Å². The van der Waals surface area contributed by atoms with Crippen LogP contribution in [0.2, 0.25) is 0 Å². The first-order valence-electron chi connectivity index (χ1n) is 12.6. The average Bonchev–Trinajstić information content (AvgIpc) is 3.43. The van der Waals surface area contributed by atoms with Crippen molar-refractivity contribution in [1.29, 1.82) is 0 Å². The van der Waals surface area contributed by atoms with Gasteiger partial charge in [0.1, 0.15) is 0 Å². The fourth-order valence-electron chi connectivity index (χ4n) is 4.37. The predicted molar refractivity (Wildman–Crippen MR) is 146 cm³/mol. The summed E-state index contributed by atoms with van der Waals surface area (Å²) in [5, 5.41) is 10.3. The van der Waals surface area contributed by atoms with Crippen molar-refractivity contribution < 1.29 is 23.8 Å². The van der Waals surface area contributed by atoms with E-state index in [2.05, 4.69) is 25.6 Å². The quantitative estimate of drug-likeness (QED) is 0.339. The number of ether oxygens (including phenoxy) is 3. The number of anilines is 1. The van der Waals surface area contributed by atoms with Crippen molar-refractivity contribution in [3.8, 4) is 22.8 Å². The number of morpholine rings is 1. The second-order valence-electron chi connectivity index (χ2n) is 8.94. The summed E-state index contributed by atoms with van der Waals surface area (Å²) in [6.07, 6.45) is 1.66. The van der Waals surface area contributed by atoms with Gasteiger partial charge >= 0.3 is 0 Å². The van der Waals surface area contributed by atoms with E-state index in [1.54, 1.807) is 55.3 Å². The van der Waals surface area contributed by atoms with Crippen LogP contribution < -0.4 is 20.1 Å². The number of nitrogens with zero attached hydrogens (tertiary/aromatic N) is 4. The van der Waals surface area contributed by atoms with Crippen LogP contribution in [-0.4, -0.2) is 84.9 Å². The van der Waals surface area contributed by atoms with E-state index in [1.807, 2.05) is 24.3 Å². The van der Waals surface area contributed by atoms with E-state index in [4.69, 9.17) is 14.2 Å². The molecule has 0 aliphatic carbocycles. The minimum atomic E-state index is -0.388. The number of hydrogen-bond acceptors (Lipinski definition) is 8. The van der Waals surface area contributed by atoms with Gasteiger partial charge in [-0.2, -0.15) is 5.10 Å². The number of rotatable bonds is 9. The van der Waals surface area contributed by atoms with Crippen LogP contribution in [-0.2, 0) is 4.74 Å². The Labute approximate surface area is 225 Å². The monoisotopic (exact) mass is 530 g/mol. The first kappa shape index (κ1) is 26.1. The molecule has 0 atom stereocenters. The number of carbonyl (C=O) groups is 2. The van der Waals surface area contributed by atoms with Gasteiger partial charge in [-0.1, -0.05) is 0 Å². The maximum atomic E-state index is 13.0. The lowest BCUT2D eigenvalue weighted by Gasteiger charge is -2.26. The fourth-order valence-corrected chi connectivity index (χ4v) is 4.37. The van der Waals surface area contributed by atoms with Crippen LogP contribution in [0.3, 0.4) is 0 Å². The number of fused-ring (bicyclic) bond motifs is 1. The van der Waals surface area contributed by atoms with E-state index in [9.17, 15) is 9.59 Å². The molecule has 0 radical (unpaired) electrons. The van der Waals surface area contributed by atoms with E-state index >= 15 is 0 Å². The summed E-state index contributed by atoms with van der Waals surface area (Å²) >= 11 is 0. The minimum absolute atomic E-state index is 0.157. The van der Waals surface area contributed by atoms with Crippen LogP contribution in [0.1, 0.15) is 20.8 Å². The van der Waals surface area contributed by atoms with Gasteiger partial charge in [-0.25, -0.2) is 9.50 Å². The SMILES string of the molecule is COc1ccc(-c2ccnc3cc(C(=O)Nc4ccc(C(=O)NCCN5CCOCC5)cc4)nn23)cc1OC. The third-order valence-electron chi connectivity index (χ3n) is 6.49. The van der Waals surface area contributed by atoms with Crippen LogP contribution in [0.5, 0.6) is 11.5 Å². The second-order valence-corrected chi connectivity index (χ2v) is 8.94. The van der Waals surface area contributed by atoms with E-state index in [-0.39, 0.29) is 17.5 Å². The molecule has 4 aromatic rings. The van der Waals surface area contributed by atoms with Crippen molar-refractivity contribution >= 4 is 23.1 Å². The molecule has 1 aliphatic rings. The number of nitrogens with one attached hydrogen (secondary N) is 2. The Morgan fingerprint density at radius 2 is 1.72 bits per heavy atom. The summed E-state index contributed by atoms with van der Waals surface area (Å²) in [5.74, 6) is 0.652. The average molecular weight is 531 g/mol. The number of hydrogen-bond donors (Lipinski definition) is 2. The molecule has 2 aromatic carbocycles. The molecule has 11 nitrogen and oxygen atoms in total. The molecule has 0 unspecified atom stereocenters. The van der Waals surface area contributed by atoms with Crippen LogP contribution in [0.15, 0.2) is 60.8 Å². The molecule has 2 amide bonds. The summed E-state index contributed by atoms with van der Waals surface area (Å²) in [5.41, 5.74) is 3.37. The third-order valence-corrected chi connectivity index (χ3v) is 6.49. The zero-order valence-electron chi connectivity index (χ0n) is 21.8. The second kappa shape index (κ2) is 11.9. The van der Waals surface area contributed by atoms with Crippen LogP contribution in [0.4, 0.5) is 5.69 Å². The molecule has 0 bridgehead atoms. The molecule has 0 saturated carbocycles. The van der Waals surface area contributed by atoms with Gasteiger partial charge in [0.25, 0.3) is 11.8 Å². The standard InChI is InChI=1S/C28H30N6O5/c1-37-24-8-5-20(17-25(24)38-2)23-9-10-29-26-18-22(32-34(23)26)28(36)31-21-6-3-19(4-7-21)27(35)30-11-12-33-13-15-39-16-14-33/h3-10,17-18H,11-16H2,1-2H3,(H,30,35)(H,31,36). The molecule has 39 heavy (non-hydrogen) atoms. The topological polar surface area (TPSA) is 119 Å². The Kier molecular flexibility index (Phi) is 7.99.